The number of hydrogen-bond acceptors (Lipinski definition) is 5. The van der Waals surface area contributed by atoms with Crippen LogP contribution in [-0.4, -0.2) is 42.8 Å². The van der Waals surface area contributed by atoms with Gasteiger partial charge in [0.15, 0.2) is 0 Å². The first-order chi connectivity index (χ1) is 15.6. The van der Waals surface area contributed by atoms with E-state index in [1.165, 1.54) is 12.1 Å². The number of benzene rings is 2. The number of aryl methyl sites for hydroxylation is 2. The van der Waals surface area contributed by atoms with Gasteiger partial charge in [-0.2, -0.15) is 0 Å². The lowest BCUT2D eigenvalue weighted by Crippen LogP contribution is -2.34. The quantitative estimate of drug-likeness (QED) is 0.428. The number of anilines is 1. The number of amides is 2. The van der Waals surface area contributed by atoms with Crippen LogP contribution in [0.25, 0.3) is 5.57 Å². The zero-order valence-electron chi connectivity index (χ0n) is 18.6. The van der Waals surface area contributed by atoms with E-state index in [0.29, 0.717) is 30.9 Å². The maximum absolute atomic E-state index is 13.2. The number of nitrogens with one attached hydrogen (secondary N) is 1. The van der Waals surface area contributed by atoms with Crippen molar-refractivity contribution in [3.63, 3.8) is 0 Å². The molecule has 0 aromatic heterocycles. The molecule has 6 nitrogen and oxygen atoms in total. The fraction of sp³-hybridized carbons (Fsp3) is 0.333. The first-order valence-corrected chi connectivity index (χ1v) is 10.5. The van der Waals surface area contributed by atoms with Gasteiger partial charge in [-0.25, -0.2) is 0 Å². The third kappa shape index (κ3) is 5.92. The SMILES string of the molecule is CCOCCCN1C(=O)C(Nc2ccc(OC(F)(F)F)cc2)=C(c2ccc(C)c(C)c2)C1=O. The second-order valence-corrected chi connectivity index (χ2v) is 7.56. The summed E-state index contributed by atoms with van der Waals surface area (Å²) in [7, 11) is 0. The second-order valence-electron chi connectivity index (χ2n) is 7.56. The molecular weight excluding hydrogens is 437 g/mol. The number of halogens is 3. The van der Waals surface area contributed by atoms with Crippen molar-refractivity contribution >= 4 is 23.1 Å². The number of rotatable bonds is 9. The van der Waals surface area contributed by atoms with E-state index in [1.807, 2.05) is 32.9 Å². The highest BCUT2D eigenvalue weighted by Crippen LogP contribution is 2.32. The van der Waals surface area contributed by atoms with Gasteiger partial charge in [0.25, 0.3) is 11.8 Å². The largest absolute Gasteiger partial charge is 0.573 e. The Balaban J connectivity index is 1.92. The molecule has 9 heteroatoms. The number of carbonyl (C=O) groups is 2. The highest BCUT2D eigenvalue weighted by Gasteiger charge is 2.39. The summed E-state index contributed by atoms with van der Waals surface area (Å²) in [5.41, 5.74) is 3.23. The lowest BCUT2D eigenvalue weighted by Gasteiger charge is -2.15. The summed E-state index contributed by atoms with van der Waals surface area (Å²) in [5, 5.41) is 2.92. The summed E-state index contributed by atoms with van der Waals surface area (Å²) in [4.78, 5) is 27.5. The standard InChI is InChI=1S/C24H25F3N2O4/c1-4-32-13-5-12-29-22(30)20(17-7-6-15(2)16(3)14-17)21(23(29)31)28-18-8-10-19(11-9-18)33-24(25,26)27/h6-11,14,28H,4-5,12-13H2,1-3H3. The van der Waals surface area contributed by atoms with Crippen LogP contribution in [-0.2, 0) is 14.3 Å². The fourth-order valence-corrected chi connectivity index (χ4v) is 3.41. The fourth-order valence-electron chi connectivity index (χ4n) is 3.41. The number of nitrogens with zero attached hydrogens (tertiary/aromatic N) is 1. The van der Waals surface area contributed by atoms with Crippen molar-refractivity contribution in [2.24, 2.45) is 0 Å². The van der Waals surface area contributed by atoms with E-state index < -0.39 is 18.2 Å². The summed E-state index contributed by atoms with van der Waals surface area (Å²) in [6.45, 7) is 6.85. The molecule has 176 valence electrons. The third-order valence-electron chi connectivity index (χ3n) is 5.20. The van der Waals surface area contributed by atoms with Crippen LogP contribution in [0.2, 0.25) is 0 Å². The third-order valence-corrected chi connectivity index (χ3v) is 5.20. The van der Waals surface area contributed by atoms with Crippen molar-refractivity contribution in [3.8, 4) is 5.75 Å². The Bertz CT molecular complexity index is 1060. The molecule has 2 amide bonds. The average molecular weight is 462 g/mol. The van der Waals surface area contributed by atoms with Gasteiger partial charge in [0.2, 0.25) is 0 Å². The van der Waals surface area contributed by atoms with Gasteiger partial charge in [-0.15, -0.1) is 13.2 Å². The summed E-state index contributed by atoms with van der Waals surface area (Å²) in [6, 6.07) is 10.4. The van der Waals surface area contributed by atoms with Crippen molar-refractivity contribution in [1.82, 2.24) is 4.90 Å². The Kier molecular flexibility index (Phi) is 7.43. The van der Waals surface area contributed by atoms with Crippen LogP contribution in [0.1, 0.15) is 30.0 Å². The maximum Gasteiger partial charge on any atom is 0.573 e. The van der Waals surface area contributed by atoms with Gasteiger partial charge in [-0.1, -0.05) is 18.2 Å². The second kappa shape index (κ2) is 10.1. The van der Waals surface area contributed by atoms with Crippen LogP contribution < -0.4 is 10.1 Å². The van der Waals surface area contributed by atoms with Gasteiger partial charge in [0.05, 0.1) is 5.57 Å². The van der Waals surface area contributed by atoms with Gasteiger partial charge in [0, 0.05) is 25.4 Å². The average Bonchev–Trinajstić information content (AvgIpc) is 2.97. The van der Waals surface area contributed by atoms with Crippen molar-refractivity contribution in [1.29, 1.82) is 0 Å². The van der Waals surface area contributed by atoms with Gasteiger partial charge < -0.3 is 14.8 Å². The summed E-state index contributed by atoms with van der Waals surface area (Å²) < 4.78 is 46.4. The molecule has 1 aliphatic rings. The van der Waals surface area contributed by atoms with E-state index in [0.717, 1.165) is 28.2 Å². The van der Waals surface area contributed by atoms with Crippen LogP contribution in [0.4, 0.5) is 18.9 Å². The van der Waals surface area contributed by atoms with Crippen LogP contribution in [0.3, 0.4) is 0 Å². The van der Waals surface area contributed by atoms with Crippen molar-refractivity contribution in [2.75, 3.05) is 25.1 Å². The van der Waals surface area contributed by atoms with Crippen LogP contribution in [0.5, 0.6) is 5.75 Å². The highest BCUT2D eigenvalue weighted by molar-refractivity contribution is 6.36. The number of hydrogen-bond donors (Lipinski definition) is 1. The molecule has 33 heavy (non-hydrogen) atoms. The molecule has 1 aliphatic heterocycles. The zero-order valence-corrected chi connectivity index (χ0v) is 18.6. The molecule has 0 fully saturated rings. The number of alkyl halides is 3. The van der Waals surface area contributed by atoms with Crippen molar-refractivity contribution in [2.45, 2.75) is 33.6 Å². The minimum atomic E-state index is -4.80. The lowest BCUT2D eigenvalue weighted by molar-refractivity contribution is -0.274. The van der Waals surface area contributed by atoms with E-state index in [1.54, 1.807) is 6.07 Å². The van der Waals surface area contributed by atoms with Crippen LogP contribution >= 0.6 is 0 Å². The van der Waals surface area contributed by atoms with Crippen LogP contribution in [0.15, 0.2) is 48.2 Å². The molecule has 0 unspecified atom stereocenters. The molecule has 2 aromatic carbocycles. The molecule has 2 aromatic rings. The monoisotopic (exact) mass is 462 g/mol. The molecule has 0 radical (unpaired) electrons. The minimum Gasteiger partial charge on any atom is -0.406 e. The normalized spacial score (nSPS) is 14.3. The van der Waals surface area contributed by atoms with Gasteiger partial charge in [-0.3, -0.25) is 14.5 Å². The van der Waals surface area contributed by atoms with Crippen molar-refractivity contribution < 1.29 is 32.2 Å². The Morgan fingerprint density at radius 1 is 0.970 bits per heavy atom. The summed E-state index contributed by atoms with van der Waals surface area (Å²) >= 11 is 0. The Hall–Kier alpha value is -3.33. The predicted molar refractivity (Wildman–Crippen MR) is 117 cm³/mol. The Labute approximate surface area is 190 Å². The molecule has 0 aliphatic carbocycles. The maximum atomic E-state index is 13.2. The van der Waals surface area contributed by atoms with Crippen molar-refractivity contribution in [3.05, 3.63) is 64.9 Å². The van der Waals surface area contributed by atoms with E-state index in [-0.39, 0.29) is 23.6 Å². The topological polar surface area (TPSA) is 67.9 Å². The van der Waals surface area contributed by atoms with E-state index in [4.69, 9.17) is 4.74 Å². The number of carbonyl (C=O) groups excluding carboxylic acids is 2. The minimum absolute atomic E-state index is 0.0733. The molecule has 0 atom stereocenters. The molecule has 0 bridgehead atoms. The first kappa shape index (κ1) is 24.3. The molecule has 0 saturated carbocycles. The lowest BCUT2D eigenvalue weighted by atomic mass is 9.99. The number of ether oxygens (including phenoxy) is 2. The Morgan fingerprint density at radius 2 is 1.67 bits per heavy atom. The van der Waals surface area contributed by atoms with Gasteiger partial charge in [0.1, 0.15) is 11.4 Å². The molecule has 3 rings (SSSR count). The molecule has 1 heterocycles. The van der Waals surface area contributed by atoms with E-state index >= 15 is 0 Å². The molecule has 0 spiro atoms. The summed E-state index contributed by atoms with van der Waals surface area (Å²) in [6.07, 6.45) is -4.31. The van der Waals surface area contributed by atoms with E-state index in [9.17, 15) is 22.8 Å². The smallest absolute Gasteiger partial charge is 0.406 e. The number of imide groups is 1. The zero-order chi connectivity index (χ0) is 24.2. The molecule has 1 N–H and O–H groups in total. The van der Waals surface area contributed by atoms with E-state index in [2.05, 4.69) is 10.1 Å². The Morgan fingerprint density at radius 3 is 2.27 bits per heavy atom. The first-order valence-electron chi connectivity index (χ1n) is 10.5. The highest BCUT2D eigenvalue weighted by atomic mass is 19.4. The predicted octanol–water partition coefficient (Wildman–Crippen LogP) is 4.82. The van der Waals surface area contributed by atoms with Crippen LogP contribution in [0, 0.1) is 13.8 Å². The summed E-state index contributed by atoms with van der Waals surface area (Å²) in [5.74, 6) is -1.32. The van der Waals surface area contributed by atoms with Gasteiger partial charge in [-0.05, 0) is 68.1 Å². The molecule has 0 saturated heterocycles. The molecular formula is C24H25F3N2O4. The van der Waals surface area contributed by atoms with Gasteiger partial charge >= 0.3 is 6.36 Å².